The van der Waals surface area contributed by atoms with E-state index in [-0.39, 0.29) is 11.7 Å². The summed E-state index contributed by atoms with van der Waals surface area (Å²) < 4.78 is 28.3. The Hall–Kier alpha value is -1.11. The van der Waals surface area contributed by atoms with Crippen LogP contribution in [0.2, 0.25) is 0 Å². The highest BCUT2D eigenvalue weighted by molar-refractivity contribution is 7.87. The van der Waals surface area contributed by atoms with Crippen LogP contribution in [0.5, 0.6) is 5.75 Å². The molecule has 0 amide bonds. The molecule has 0 saturated heterocycles. The van der Waals surface area contributed by atoms with Gasteiger partial charge >= 0.3 is 0 Å². The van der Waals surface area contributed by atoms with Gasteiger partial charge in [-0.1, -0.05) is 19.9 Å². The fraction of sp³-hybridized carbons (Fsp3) is 0.538. The third kappa shape index (κ3) is 3.46. The van der Waals surface area contributed by atoms with Crippen LogP contribution in [0.3, 0.4) is 0 Å². The predicted molar refractivity (Wildman–Crippen MR) is 74.0 cm³/mol. The molecule has 1 aliphatic rings. The van der Waals surface area contributed by atoms with Crippen molar-refractivity contribution in [1.29, 1.82) is 0 Å². The lowest BCUT2D eigenvalue weighted by Crippen LogP contribution is -2.44. The molecule has 0 fully saturated rings. The molecule has 1 aromatic carbocycles. The first-order valence-corrected chi connectivity index (χ1v) is 7.88. The molecule has 106 valence electrons. The second kappa shape index (κ2) is 5.48. The molecule has 0 bridgehead atoms. The molecule has 6 heteroatoms. The molecule has 0 aliphatic carbocycles. The molecule has 0 aromatic heterocycles. The fourth-order valence-electron chi connectivity index (χ4n) is 2.09. The third-order valence-electron chi connectivity index (χ3n) is 3.18. The molecule has 0 atom stereocenters. The molecular formula is C13H20N2O3S. The lowest BCUT2D eigenvalue weighted by Gasteiger charge is -2.28. The normalized spacial score (nSPS) is 16.6. The molecule has 19 heavy (non-hydrogen) atoms. The Balaban J connectivity index is 2.12. The Bertz CT molecular complexity index is 555. The van der Waals surface area contributed by atoms with Crippen LogP contribution < -0.4 is 4.72 Å². The van der Waals surface area contributed by atoms with Crippen molar-refractivity contribution in [2.45, 2.75) is 26.8 Å². The monoisotopic (exact) mass is 284 g/mol. The summed E-state index contributed by atoms with van der Waals surface area (Å²) in [7, 11) is -3.43. The maximum absolute atomic E-state index is 12.1. The SMILES string of the molecule is CC(C)CNS(=O)(=O)N1CCc2ccc(O)cc2C1. The highest BCUT2D eigenvalue weighted by atomic mass is 32.2. The summed E-state index contributed by atoms with van der Waals surface area (Å²) in [6, 6.07) is 5.13. The second-order valence-corrected chi connectivity index (χ2v) is 7.04. The van der Waals surface area contributed by atoms with E-state index in [4.69, 9.17) is 0 Å². The minimum absolute atomic E-state index is 0.174. The van der Waals surface area contributed by atoms with E-state index >= 15 is 0 Å². The van der Waals surface area contributed by atoms with E-state index in [2.05, 4.69) is 4.72 Å². The van der Waals surface area contributed by atoms with Gasteiger partial charge < -0.3 is 5.11 Å². The van der Waals surface area contributed by atoms with Gasteiger partial charge in [0, 0.05) is 19.6 Å². The number of phenols is 1. The first-order chi connectivity index (χ1) is 8.88. The molecule has 1 heterocycles. The molecule has 0 saturated carbocycles. The molecule has 5 nitrogen and oxygen atoms in total. The minimum Gasteiger partial charge on any atom is -0.508 e. The van der Waals surface area contributed by atoms with Crippen molar-refractivity contribution < 1.29 is 13.5 Å². The third-order valence-corrected chi connectivity index (χ3v) is 4.70. The standard InChI is InChI=1S/C13H20N2O3S/c1-10(2)8-14-19(17,18)15-6-5-11-3-4-13(16)7-12(11)9-15/h3-4,7,10,14,16H,5-6,8-9H2,1-2H3. The average molecular weight is 284 g/mol. The zero-order valence-corrected chi connectivity index (χ0v) is 12.1. The number of nitrogens with zero attached hydrogens (tertiary/aromatic N) is 1. The van der Waals surface area contributed by atoms with Crippen molar-refractivity contribution in [3.63, 3.8) is 0 Å². The molecular weight excluding hydrogens is 264 g/mol. The van der Waals surface area contributed by atoms with Crippen LogP contribution in [0.25, 0.3) is 0 Å². The van der Waals surface area contributed by atoms with Gasteiger partial charge in [0.2, 0.25) is 0 Å². The average Bonchev–Trinajstić information content (AvgIpc) is 2.35. The summed E-state index contributed by atoms with van der Waals surface area (Å²) in [6.07, 6.45) is 0.679. The Labute approximate surface area is 114 Å². The van der Waals surface area contributed by atoms with Crippen LogP contribution in [0.4, 0.5) is 0 Å². The Kier molecular flexibility index (Phi) is 4.13. The maximum Gasteiger partial charge on any atom is 0.279 e. The van der Waals surface area contributed by atoms with Gasteiger partial charge in [0.15, 0.2) is 0 Å². The van der Waals surface area contributed by atoms with Gasteiger partial charge in [0.05, 0.1) is 0 Å². The molecule has 0 radical (unpaired) electrons. The zero-order valence-electron chi connectivity index (χ0n) is 11.3. The number of nitrogens with one attached hydrogen (secondary N) is 1. The highest BCUT2D eigenvalue weighted by Crippen LogP contribution is 2.24. The molecule has 0 unspecified atom stereocenters. The van der Waals surface area contributed by atoms with Crippen molar-refractivity contribution in [2.24, 2.45) is 5.92 Å². The number of aromatic hydroxyl groups is 1. The Morgan fingerprint density at radius 1 is 1.37 bits per heavy atom. The van der Waals surface area contributed by atoms with Crippen molar-refractivity contribution >= 4 is 10.2 Å². The van der Waals surface area contributed by atoms with Crippen molar-refractivity contribution in [3.8, 4) is 5.75 Å². The van der Waals surface area contributed by atoms with E-state index in [1.807, 2.05) is 19.9 Å². The first kappa shape index (κ1) is 14.3. The zero-order chi connectivity index (χ0) is 14.0. The fourth-order valence-corrected chi connectivity index (χ4v) is 3.45. The quantitative estimate of drug-likeness (QED) is 0.874. The van der Waals surface area contributed by atoms with E-state index in [0.29, 0.717) is 26.1 Å². The molecule has 2 N–H and O–H groups in total. The topological polar surface area (TPSA) is 69.6 Å². The van der Waals surface area contributed by atoms with Gasteiger partial charge in [0.25, 0.3) is 10.2 Å². The van der Waals surface area contributed by atoms with E-state index in [9.17, 15) is 13.5 Å². The maximum atomic E-state index is 12.1. The van der Waals surface area contributed by atoms with E-state index in [1.165, 1.54) is 4.31 Å². The van der Waals surface area contributed by atoms with E-state index < -0.39 is 10.2 Å². The van der Waals surface area contributed by atoms with Gasteiger partial charge in [-0.2, -0.15) is 12.7 Å². The van der Waals surface area contributed by atoms with Gasteiger partial charge in [-0.3, -0.25) is 0 Å². The molecule has 1 aromatic rings. The summed E-state index contributed by atoms with van der Waals surface area (Å²) in [5, 5.41) is 9.47. The summed E-state index contributed by atoms with van der Waals surface area (Å²) in [4.78, 5) is 0. The second-order valence-electron chi connectivity index (χ2n) is 5.28. The molecule has 0 spiro atoms. The van der Waals surface area contributed by atoms with E-state index in [0.717, 1.165) is 11.1 Å². The summed E-state index contributed by atoms with van der Waals surface area (Å²) in [5.74, 6) is 0.448. The lowest BCUT2D eigenvalue weighted by molar-refractivity contribution is 0.379. The summed E-state index contributed by atoms with van der Waals surface area (Å²) >= 11 is 0. The number of rotatable bonds is 4. The van der Waals surface area contributed by atoms with Crippen LogP contribution >= 0.6 is 0 Å². The van der Waals surface area contributed by atoms with Crippen LogP contribution in [0.1, 0.15) is 25.0 Å². The highest BCUT2D eigenvalue weighted by Gasteiger charge is 2.26. The number of fused-ring (bicyclic) bond motifs is 1. The minimum atomic E-state index is -3.43. The number of hydrogen-bond donors (Lipinski definition) is 2. The molecule has 2 rings (SSSR count). The number of hydrogen-bond acceptors (Lipinski definition) is 3. The van der Waals surface area contributed by atoms with E-state index in [1.54, 1.807) is 12.1 Å². The van der Waals surface area contributed by atoms with Crippen molar-refractivity contribution in [1.82, 2.24) is 9.03 Å². The van der Waals surface area contributed by atoms with Crippen molar-refractivity contribution in [2.75, 3.05) is 13.1 Å². The van der Waals surface area contributed by atoms with Gasteiger partial charge in [-0.05, 0) is 35.6 Å². The van der Waals surface area contributed by atoms with Gasteiger partial charge in [-0.25, -0.2) is 4.72 Å². The number of phenolic OH excluding ortho intramolecular Hbond substituents is 1. The Morgan fingerprint density at radius 3 is 2.79 bits per heavy atom. The summed E-state index contributed by atoms with van der Waals surface area (Å²) in [5.41, 5.74) is 1.98. The van der Waals surface area contributed by atoms with Gasteiger partial charge in [0.1, 0.15) is 5.75 Å². The van der Waals surface area contributed by atoms with Crippen LogP contribution in [0, 0.1) is 5.92 Å². The lowest BCUT2D eigenvalue weighted by atomic mass is 10.0. The van der Waals surface area contributed by atoms with Crippen LogP contribution in [-0.4, -0.2) is 30.9 Å². The number of benzene rings is 1. The molecule has 1 aliphatic heterocycles. The summed E-state index contributed by atoms with van der Waals surface area (Å²) in [6.45, 7) is 5.16. The Morgan fingerprint density at radius 2 is 2.11 bits per heavy atom. The smallest absolute Gasteiger partial charge is 0.279 e. The first-order valence-electron chi connectivity index (χ1n) is 6.44. The largest absolute Gasteiger partial charge is 0.508 e. The predicted octanol–water partition coefficient (Wildman–Crippen LogP) is 1.24. The van der Waals surface area contributed by atoms with Crippen LogP contribution in [-0.2, 0) is 23.2 Å². The van der Waals surface area contributed by atoms with Crippen LogP contribution in [0.15, 0.2) is 18.2 Å². The van der Waals surface area contributed by atoms with Crippen molar-refractivity contribution in [3.05, 3.63) is 29.3 Å². The van der Waals surface area contributed by atoms with Gasteiger partial charge in [-0.15, -0.1) is 0 Å².